The molecular weight excluding hydrogens is 152 g/mol. The molecule has 0 amide bonds. The molecule has 4 fully saturated rings. The first-order chi connectivity index (χ1) is 5.70. The van der Waals surface area contributed by atoms with E-state index in [1.807, 2.05) is 0 Å². The van der Waals surface area contributed by atoms with Crippen LogP contribution < -0.4 is 0 Å². The van der Waals surface area contributed by atoms with Gasteiger partial charge in [-0.3, -0.25) is 0 Å². The Morgan fingerprint density at radius 1 is 0.583 bits per heavy atom. The van der Waals surface area contributed by atoms with Gasteiger partial charge >= 0.3 is 0 Å². The molecule has 7 atom stereocenters. The van der Waals surface area contributed by atoms with Gasteiger partial charge in [-0.1, -0.05) is 20.8 Å². The highest BCUT2D eigenvalue weighted by molar-refractivity contribution is 5.08. The summed E-state index contributed by atoms with van der Waals surface area (Å²) in [7, 11) is 0. The zero-order valence-electron chi connectivity index (χ0n) is 7.86. The maximum Gasteiger partial charge on any atom is 0.0894 e. The normalized spacial score (nSPS) is 67.8. The van der Waals surface area contributed by atoms with Crippen molar-refractivity contribution in [2.45, 2.75) is 45.2 Å². The fourth-order valence-corrected chi connectivity index (χ4v) is 3.38. The minimum absolute atomic E-state index is 0.409. The van der Waals surface area contributed by atoms with Crippen LogP contribution in [-0.4, -0.2) is 24.4 Å². The Morgan fingerprint density at radius 2 is 0.917 bits per heavy atom. The molecule has 4 rings (SSSR count). The predicted octanol–water partition coefficient (Wildman–Crippen LogP) is 1.44. The Kier molecular flexibility index (Phi) is 1.25. The number of hydrogen-bond acceptors (Lipinski definition) is 2. The summed E-state index contributed by atoms with van der Waals surface area (Å²) in [6, 6.07) is 0. The Hall–Kier alpha value is -0.0800. The molecule has 0 aromatic carbocycles. The highest BCUT2D eigenvalue weighted by Crippen LogP contribution is 2.52. The van der Waals surface area contributed by atoms with Crippen LogP contribution in [0.1, 0.15) is 20.8 Å². The molecule has 0 aromatic rings. The van der Waals surface area contributed by atoms with Crippen molar-refractivity contribution in [3.63, 3.8) is 0 Å². The van der Waals surface area contributed by atoms with Crippen LogP contribution >= 0.6 is 0 Å². The molecule has 2 nitrogen and oxygen atoms in total. The SMILES string of the molecule is CC1[C@@H]2OC3[C@@H](C)[C@H]1O[C@@H]3[C@H]2C. The van der Waals surface area contributed by atoms with Gasteiger partial charge in [0.25, 0.3) is 0 Å². The monoisotopic (exact) mass is 168 g/mol. The van der Waals surface area contributed by atoms with Crippen LogP contribution in [0.25, 0.3) is 0 Å². The van der Waals surface area contributed by atoms with Gasteiger partial charge in [0.15, 0.2) is 0 Å². The zero-order valence-corrected chi connectivity index (χ0v) is 7.86. The van der Waals surface area contributed by atoms with Crippen molar-refractivity contribution in [3.8, 4) is 0 Å². The van der Waals surface area contributed by atoms with E-state index in [1.54, 1.807) is 0 Å². The van der Waals surface area contributed by atoms with Gasteiger partial charge in [0, 0.05) is 17.8 Å². The third-order valence-corrected chi connectivity index (χ3v) is 4.06. The molecule has 4 aliphatic rings. The summed E-state index contributed by atoms with van der Waals surface area (Å²) in [4.78, 5) is 0. The van der Waals surface area contributed by atoms with Gasteiger partial charge in [-0.15, -0.1) is 0 Å². The van der Waals surface area contributed by atoms with E-state index in [1.165, 1.54) is 0 Å². The fourth-order valence-electron chi connectivity index (χ4n) is 3.38. The van der Waals surface area contributed by atoms with E-state index in [0.29, 0.717) is 42.2 Å². The smallest absolute Gasteiger partial charge is 0.0894 e. The average Bonchev–Trinajstić information content (AvgIpc) is 2.43. The number of hydrogen-bond donors (Lipinski definition) is 0. The van der Waals surface area contributed by atoms with Crippen molar-refractivity contribution >= 4 is 0 Å². The van der Waals surface area contributed by atoms with Crippen molar-refractivity contribution in [1.29, 1.82) is 0 Å². The molecule has 2 unspecified atom stereocenters. The summed E-state index contributed by atoms with van der Waals surface area (Å²) in [5.74, 6) is 1.84. The first-order valence-electron chi connectivity index (χ1n) is 5.01. The molecule has 12 heavy (non-hydrogen) atoms. The largest absolute Gasteiger partial charge is 0.371 e. The Bertz CT molecular complexity index is 186. The Labute approximate surface area is 73.2 Å². The van der Waals surface area contributed by atoms with Crippen LogP contribution in [0.2, 0.25) is 0 Å². The molecule has 4 bridgehead atoms. The van der Waals surface area contributed by atoms with Crippen LogP contribution in [0, 0.1) is 17.8 Å². The maximum absolute atomic E-state index is 5.96. The van der Waals surface area contributed by atoms with Gasteiger partial charge in [0.05, 0.1) is 24.4 Å². The van der Waals surface area contributed by atoms with E-state index < -0.39 is 0 Å². The maximum atomic E-state index is 5.96. The van der Waals surface area contributed by atoms with E-state index in [-0.39, 0.29) is 0 Å². The second-order valence-electron chi connectivity index (χ2n) is 4.71. The molecule has 0 N–H and O–H groups in total. The van der Waals surface area contributed by atoms with Crippen molar-refractivity contribution < 1.29 is 9.47 Å². The molecule has 68 valence electrons. The summed E-state index contributed by atoms with van der Waals surface area (Å²) in [5.41, 5.74) is 0. The Balaban J connectivity index is 2.01. The Morgan fingerprint density at radius 3 is 1.33 bits per heavy atom. The number of ether oxygens (including phenoxy) is 2. The second-order valence-corrected chi connectivity index (χ2v) is 4.71. The lowest BCUT2D eigenvalue weighted by atomic mass is 9.85. The van der Waals surface area contributed by atoms with Gasteiger partial charge in [-0.05, 0) is 0 Å². The van der Waals surface area contributed by atoms with Gasteiger partial charge in [0.2, 0.25) is 0 Å². The van der Waals surface area contributed by atoms with Crippen LogP contribution in [0.4, 0.5) is 0 Å². The van der Waals surface area contributed by atoms with E-state index >= 15 is 0 Å². The zero-order chi connectivity index (χ0) is 8.46. The predicted molar refractivity (Wildman–Crippen MR) is 44.8 cm³/mol. The molecule has 4 aliphatic heterocycles. The molecule has 4 heterocycles. The summed E-state index contributed by atoms with van der Waals surface area (Å²) in [6.07, 6.45) is 1.78. The van der Waals surface area contributed by atoms with E-state index in [0.717, 1.165) is 0 Å². The molecule has 0 radical (unpaired) electrons. The topological polar surface area (TPSA) is 18.5 Å². The summed E-state index contributed by atoms with van der Waals surface area (Å²) >= 11 is 0. The van der Waals surface area contributed by atoms with E-state index in [4.69, 9.17) is 9.47 Å². The molecule has 0 aromatic heterocycles. The quantitative estimate of drug-likeness (QED) is 0.545. The molecule has 4 saturated heterocycles. The van der Waals surface area contributed by atoms with Gasteiger partial charge in [-0.2, -0.15) is 0 Å². The van der Waals surface area contributed by atoms with Gasteiger partial charge in [-0.25, -0.2) is 0 Å². The van der Waals surface area contributed by atoms with Gasteiger partial charge < -0.3 is 9.47 Å². The van der Waals surface area contributed by atoms with Crippen LogP contribution in [0.3, 0.4) is 0 Å². The number of rotatable bonds is 0. The standard InChI is InChI=1S/C10H16O2/c1-4-7-5(2)9-10(11-7)6(3)8(4)12-9/h4-10H,1-3H3/t4?,5-,6-,7-,8-,9+,10?/m0/s1. The molecule has 0 spiro atoms. The summed E-state index contributed by atoms with van der Waals surface area (Å²) in [5, 5.41) is 0. The van der Waals surface area contributed by atoms with Crippen LogP contribution in [0.15, 0.2) is 0 Å². The lowest BCUT2D eigenvalue weighted by Gasteiger charge is -2.38. The van der Waals surface area contributed by atoms with Crippen LogP contribution in [0.5, 0.6) is 0 Å². The van der Waals surface area contributed by atoms with Crippen molar-refractivity contribution in [2.75, 3.05) is 0 Å². The third kappa shape index (κ3) is 0.612. The lowest BCUT2D eigenvalue weighted by Crippen LogP contribution is -2.44. The second kappa shape index (κ2) is 2.05. The van der Waals surface area contributed by atoms with E-state index in [9.17, 15) is 0 Å². The molecule has 0 aliphatic carbocycles. The minimum atomic E-state index is 0.409. The lowest BCUT2D eigenvalue weighted by molar-refractivity contribution is -0.122. The molecule has 2 heteroatoms. The van der Waals surface area contributed by atoms with E-state index in [2.05, 4.69) is 20.8 Å². The highest BCUT2D eigenvalue weighted by atomic mass is 16.6. The highest BCUT2D eigenvalue weighted by Gasteiger charge is 2.61. The minimum Gasteiger partial charge on any atom is -0.371 e. The van der Waals surface area contributed by atoms with Crippen molar-refractivity contribution in [3.05, 3.63) is 0 Å². The molecule has 0 saturated carbocycles. The first-order valence-corrected chi connectivity index (χ1v) is 5.01. The molecular formula is C10H16O2. The van der Waals surface area contributed by atoms with Crippen LogP contribution in [-0.2, 0) is 9.47 Å². The van der Waals surface area contributed by atoms with Gasteiger partial charge in [0.1, 0.15) is 0 Å². The average molecular weight is 168 g/mol. The third-order valence-electron chi connectivity index (χ3n) is 4.06. The van der Waals surface area contributed by atoms with Crippen molar-refractivity contribution in [1.82, 2.24) is 0 Å². The summed E-state index contributed by atoms with van der Waals surface area (Å²) < 4.78 is 11.9. The summed E-state index contributed by atoms with van der Waals surface area (Å²) in [6.45, 7) is 6.79. The fraction of sp³-hybridized carbons (Fsp3) is 1.00. The first kappa shape index (κ1) is 7.34. The van der Waals surface area contributed by atoms with Crippen molar-refractivity contribution in [2.24, 2.45) is 17.8 Å².